The molecule has 0 atom stereocenters. The predicted octanol–water partition coefficient (Wildman–Crippen LogP) is 16.5. The zero-order valence-electron chi connectivity index (χ0n) is 37.0. The second-order valence-corrected chi connectivity index (χ2v) is 20.5. The van der Waals surface area contributed by atoms with Gasteiger partial charge in [-0.15, -0.1) is 0 Å². The minimum absolute atomic E-state index is 0.614. The van der Waals surface area contributed by atoms with Gasteiger partial charge in [0.05, 0.1) is 31.8 Å². The van der Waals surface area contributed by atoms with Gasteiger partial charge in [0.15, 0.2) is 11.2 Å². The molecule has 0 aliphatic carbocycles. The molecule has 0 fully saturated rings. The third kappa shape index (κ3) is 7.19. The van der Waals surface area contributed by atoms with Crippen molar-refractivity contribution in [3.05, 3.63) is 223 Å². The van der Waals surface area contributed by atoms with Gasteiger partial charge in [0, 0.05) is 44.3 Å². The molecule has 5 nitrogen and oxygen atoms in total. The average molecular weight is 878 g/mol. The molecule has 12 rings (SSSR count). The highest BCUT2D eigenvalue weighted by molar-refractivity contribution is 6.70. The summed E-state index contributed by atoms with van der Waals surface area (Å²) >= 11 is 0. The molecule has 0 saturated carbocycles. The van der Waals surface area contributed by atoms with E-state index in [-0.39, 0.29) is 0 Å². The molecule has 0 unspecified atom stereocenters. The minimum atomic E-state index is -0.958. The summed E-state index contributed by atoms with van der Waals surface area (Å²) in [5.41, 5.74) is 12.3. The Bertz CT molecular complexity index is 3930. The van der Waals surface area contributed by atoms with E-state index in [0.29, 0.717) is 5.56 Å². The molecule has 6 heteroatoms. The zero-order valence-corrected chi connectivity index (χ0v) is 38.2. The molecule has 10 aromatic carbocycles. The molecule has 0 amide bonds. The van der Waals surface area contributed by atoms with E-state index in [0.717, 1.165) is 105 Å². The number of nitrogens with zero attached hydrogens (tertiary/aromatic N) is 3. The van der Waals surface area contributed by atoms with E-state index in [1.54, 1.807) is 0 Å². The smallest absolute Gasteiger partial charge is 0.159 e. The van der Waals surface area contributed by atoms with E-state index in [4.69, 9.17) is 8.83 Å². The van der Waals surface area contributed by atoms with Crippen LogP contribution in [0.15, 0.2) is 215 Å². The van der Waals surface area contributed by atoms with E-state index in [2.05, 4.69) is 193 Å². The van der Waals surface area contributed by atoms with Crippen LogP contribution in [0.3, 0.4) is 0 Å². The van der Waals surface area contributed by atoms with Crippen molar-refractivity contribution in [1.82, 2.24) is 0 Å². The number of nitriles is 1. The quantitative estimate of drug-likeness (QED) is 0.107. The van der Waals surface area contributed by atoms with E-state index < -0.39 is 8.80 Å². The minimum Gasteiger partial charge on any atom is -0.454 e. The summed E-state index contributed by atoms with van der Waals surface area (Å²) in [5.74, 6) is 0. The summed E-state index contributed by atoms with van der Waals surface area (Å²) in [6.45, 7) is 4.74. The lowest BCUT2D eigenvalue weighted by atomic mass is 10.0. The van der Waals surface area contributed by atoms with Gasteiger partial charge in [-0.3, -0.25) is 0 Å². The average Bonchev–Trinajstić information content (AvgIpc) is 3.96. The van der Waals surface area contributed by atoms with Crippen LogP contribution >= 0.6 is 0 Å². The molecular weight excluding hydrogens is 835 g/mol. The molecule has 0 aliphatic rings. The van der Waals surface area contributed by atoms with Gasteiger partial charge in [-0.25, -0.2) is 0 Å². The topological polar surface area (TPSA) is 56.5 Å². The second kappa shape index (κ2) is 16.4. The Morgan fingerprint density at radius 3 is 1.31 bits per heavy atom. The van der Waals surface area contributed by atoms with Crippen LogP contribution in [-0.2, 0) is 0 Å². The third-order valence-electron chi connectivity index (χ3n) is 13.0. The Balaban J connectivity index is 0.859. The first-order valence-electron chi connectivity index (χ1n) is 22.7. The number of hydrogen-bond acceptors (Lipinski definition) is 5. The van der Waals surface area contributed by atoms with Crippen LogP contribution < -0.4 is 15.0 Å². The number of fused-ring (bicyclic) bond motifs is 8. The molecular formula is C61H43N3O2Si. The van der Waals surface area contributed by atoms with Gasteiger partial charge >= 0.3 is 0 Å². The fourth-order valence-corrected chi connectivity index (χ4v) is 10.5. The predicted molar refractivity (Wildman–Crippen MR) is 284 cm³/mol. The van der Waals surface area contributed by atoms with Crippen molar-refractivity contribution in [3.63, 3.8) is 0 Å². The van der Waals surface area contributed by atoms with Crippen molar-refractivity contribution in [2.75, 3.05) is 9.80 Å². The highest BCUT2D eigenvalue weighted by Crippen LogP contribution is 2.44. The summed E-state index contributed by atoms with van der Waals surface area (Å²) in [7, 11) is -0.958. The standard InChI is InChI=1S/C61H43N3O2Si/c1-67(2)51-33-31-48(32-34-51)64(57-14-8-12-55-53-10-4-6-16-59(53)66-61(55)57)50-30-26-44-36-41(20-24-46(44)38-50)18-17-40-19-23-45-37-49(29-25-43(45)35-40)63(47-27-21-42(39-62)22-28-47)56-13-7-11-54-52-9-3-5-15-58(52)65-60(54)56/h3-38,67H,1-2H3/b18-17+. The Hall–Kier alpha value is -8.63. The van der Waals surface area contributed by atoms with Crippen LogP contribution in [0, 0.1) is 11.3 Å². The van der Waals surface area contributed by atoms with Crippen molar-refractivity contribution in [1.29, 1.82) is 5.26 Å². The molecule has 12 aromatic rings. The molecule has 318 valence electrons. The lowest BCUT2D eigenvalue weighted by molar-refractivity contribution is 0.668. The van der Waals surface area contributed by atoms with Crippen molar-refractivity contribution < 1.29 is 8.83 Å². The van der Waals surface area contributed by atoms with E-state index in [9.17, 15) is 5.26 Å². The maximum atomic E-state index is 9.57. The van der Waals surface area contributed by atoms with Gasteiger partial charge < -0.3 is 18.6 Å². The summed E-state index contributed by atoms with van der Waals surface area (Å²) < 4.78 is 13.1. The van der Waals surface area contributed by atoms with Gasteiger partial charge in [0.25, 0.3) is 0 Å². The SMILES string of the molecule is C[SiH](C)c1ccc(N(c2ccc3cc(/C=C/c4ccc5cc(N(c6ccc(C#N)cc6)c6cccc7c6oc6ccccc67)ccc5c4)ccc3c2)c2cccc3c2oc2ccccc23)cc1. The maximum absolute atomic E-state index is 9.57. The Kier molecular flexibility index (Phi) is 9.78. The first-order chi connectivity index (χ1) is 33.0. The van der Waals surface area contributed by atoms with Gasteiger partial charge in [-0.2, -0.15) is 5.26 Å². The van der Waals surface area contributed by atoms with Gasteiger partial charge in [0.1, 0.15) is 11.2 Å². The van der Waals surface area contributed by atoms with Crippen molar-refractivity contribution in [2.45, 2.75) is 13.1 Å². The molecule has 0 N–H and O–H groups in total. The van der Waals surface area contributed by atoms with Crippen LogP contribution in [0.25, 0.3) is 77.6 Å². The number of rotatable bonds is 9. The Morgan fingerprint density at radius 2 is 0.836 bits per heavy atom. The van der Waals surface area contributed by atoms with Crippen LogP contribution in [0.5, 0.6) is 0 Å². The van der Waals surface area contributed by atoms with Gasteiger partial charge in [0.2, 0.25) is 0 Å². The second-order valence-electron chi connectivity index (χ2n) is 17.5. The largest absolute Gasteiger partial charge is 0.454 e. The Labute approximate surface area is 389 Å². The van der Waals surface area contributed by atoms with Gasteiger partial charge in [-0.1, -0.05) is 140 Å². The van der Waals surface area contributed by atoms with Crippen LogP contribution in [0.4, 0.5) is 34.1 Å². The summed E-state index contributed by atoms with van der Waals surface area (Å²) in [6, 6.07) is 74.8. The highest BCUT2D eigenvalue weighted by atomic mass is 28.3. The lowest BCUT2D eigenvalue weighted by Gasteiger charge is -2.26. The highest BCUT2D eigenvalue weighted by Gasteiger charge is 2.22. The molecule has 0 aliphatic heterocycles. The molecule has 0 bridgehead atoms. The zero-order chi connectivity index (χ0) is 45.0. The third-order valence-corrected chi connectivity index (χ3v) is 14.7. The first-order valence-corrected chi connectivity index (χ1v) is 25.6. The van der Waals surface area contributed by atoms with Crippen molar-refractivity contribution in [3.8, 4) is 6.07 Å². The summed E-state index contributed by atoms with van der Waals surface area (Å²) in [6.07, 6.45) is 4.38. The molecule has 67 heavy (non-hydrogen) atoms. The fourth-order valence-electron chi connectivity index (χ4n) is 9.55. The lowest BCUT2D eigenvalue weighted by Crippen LogP contribution is -2.22. The number of furan rings is 2. The number of benzene rings is 10. The van der Waals surface area contributed by atoms with Crippen LogP contribution in [0.1, 0.15) is 16.7 Å². The fraction of sp³-hybridized carbons (Fsp3) is 0.0328. The molecule has 2 aromatic heterocycles. The maximum Gasteiger partial charge on any atom is 0.159 e. The summed E-state index contributed by atoms with van der Waals surface area (Å²) in [5, 5.41) is 20.0. The van der Waals surface area contributed by atoms with E-state index >= 15 is 0 Å². The molecule has 2 heterocycles. The van der Waals surface area contributed by atoms with Crippen LogP contribution in [0.2, 0.25) is 13.1 Å². The van der Waals surface area contributed by atoms with Crippen molar-refractivity contribution in [2.24, 2.45) is 0 Å². The molecule has 0 saturated heterocycles. The number of anilines is 6. The molecule has 0 radical (unpaired) electrons. The van der Waals surface area contributed by atoms with Crippen LogP contribution in [-0.4, -0.2) is 8.80 Å². The van der Waals surface area contributed by atoms with E-state index in [1.807, 2.05) is 54.6 Å². The number of para-hydroxylation sites is 4. The molecule has 0 spiro atoms. The van der Waals surface area contributed by atoms with Crippen molar-refractivity contribution >= 4 is 126 Å². The normalized spacial score (nSPS) is 11.8. The summed E-state index contributed by atoms with van der Waals surface area (Å²) in [4.78, 5) is 4.55. The monoisotopic (exact) mass is 877 g/mol. The van der Waals surface area contributed by atoms with Gasteiger partial charge in [-0.05, 0) is 130 Å². The first kappa shape index (κ1) is 39.9. The Morgan fingerprint density at radius 1 is 0.418 bits per heavy atom. The van der Waals surface area contributed by atoms with E-state index in [1.165, 1.54) is 10.6 Å². The number of hydrogen-bond donors (Lipinski definition) is 0.